The minimum atomic E-state index is -0.255. The lowest BCUT2D eigenvalue weighted by Gasteiger charge is -2.42. The number of phenols is 1. The number of halogens is 4. The lowest BCUT2D eigenvalue weighted by molar-refractivity contribution is 0.0331. The highest BCUT2D eigenvalue weighted by molar-refractivity contribution is 5.85. The molecule has 1 fully saturated rings. The molecule has 0 saturated carbocycles. The average Bonchev–Trinajstić information content (AvgIpc) is 2.92. The summed E-state index contributed by atoms with van der Waals surface area (Å²) in [6, 6.07) is 13.3. The average molecular weight is 594 g/mol. The number of piperazine rings is 1. The third-order valence-corrected chi connectivity index (χ3v) is 8.69. The summed E-state index contributed by atoms with van der Waals surface area (Å²) in [6.45, 7) is 12.7. The van der Waals surface area contributed by atoms with Crippen molar-refractivity contribution in [1.29, 1.82) is 0 Å². The molecule has 2 heterocycles. The molecule has 2 aliphatic heterocycles. The Kier molecular flexibility index (Phi) is 10.5. The lowest BCUT2D eigenvalue weighted by Crippen LogP contribution is -2.49. The van der Waals surface area contributed by atoms with Gasteiger partial charge in [-0.3, -0.25) is 4.90 Å². The zero-order chi connectivity index (χ0) is 27.0. The van der Waals surface area contributed by atoms with E-state index in [9.17, 15) is 13.9 Å². The highest BCUT2D eigenvalue weighted by atomic mass is 35.5. The SMILES string of the molecule is Cc1c(C)c2c(c(C)c1O)CCC(C)(CCN1CCN(C(c3ccc(F)cc3)c3ccc(F)cc3)CC1)O2.Cl.Cl. The predicted octanol–water partition coefficient (Wildman–Crippen LogP) is 7.32. The minimum absolute atomic E-state index is 0. The molecule has 0 amide bonds. The van der Waals surface area contributed by atoms with Gasteiger partial charge in [-0.05, 0) is 99.0 Å². The van der Waals surface area contributed by atoms with E-state index in [0.29, 0.717) is 5.75 Å². The fourth-order valence-electron chi connectivity index (χ4n) is 6.01. The van der Waals surface area contributed by atoms with Crippen molar-refractivity contribution in [1.82, 2.24) is 9.80 Å². The summed E-state index contributed by atoms with van der Waals surface area (Å²) in [6.07, 6.45) is 2.78. The lowest BCUT2D eigenvalue weighted by atomic mass is 9.85. The Morgan fingerprint density at radius 2 is 1.35 bits per heavy atom. The fraction of sp³-hybridized carbons (Fsp3) is 0.438. The van der Waals surface area contributed by atoms with Gasteiger partial charge in [0.1, 0.15) is 28.7 Å². The molecule has 3 aromatic rings. The molecule has 40 heavy (non-hydrogen) atoms. The smallest absolute Gasteiger partial charge is 0.127 e. The van der Waals surface area contributed by atoms with Gasteiger partial charge in [0.15, 0.2) is 0 Å². The Morgan fingerprint density at radius 3 is 1.88 bits per heavy atom. The molecule has 8 heteroatoms. The van der Waals surface area contributed by atoms with Crippen LogP contribution in [0.2, 0.25) is 0 Å². The Balaban J connectivity index is 0.00000220. The van der Waals surface area contributed by atoms with Gasteiger partial charge in [0.05, 0.1) is 6.04 Å². The van der Waals surface area contributed by atoms with Gasteiger partial charge < -0.3 is 14.7 Å². The van der Waals surface area contributed by atoms with E-state index in [-0.39, 0.29) is 48.1 Å². The third-order valence-electron chi connectivity index (χ3n) is 8.69. The summed E-state index contributed by atoms with van der Waals surface area (Å²) in [5.41, 5.74) is 5.81. The first-order chi connectivity index (χ1) is 18.1. The molecular formula is C32H40Cl2F2N2O2. The number of hydrogen-bond donors (Lipinski definition) is 1. The third kappa shape index (κ3) is 6.57. The molecule has 5 rings (SSSR count). The highest BCUT2D eigenvalue weighted by Crippen LogP contribution is 2.44. The molecule has 3 aromatic carbocycles. The number of fused-ring (bicyclic) bond motifs is 1. The van der Waals surface area contributed by atoms with Crippen LogP contribution in [0.3, 0.4) is 0 Å². The largest absolute Gasteiger partial charge is 0.507 e. The zero-order valence-corrected chi connectivity index (χ0v) is 25.3. The van der Waals surface area contributed by atoms with E-state index in [1.807, 2.05) is 45.0 Å². The second-order valence-corrected chi connectivity index (χ2v) is 11.2. The van der Waals surface area contributed by atoms with Gasteiger partial charge in [-0.15, -0.1) is 24.8 Å². The Labute approximate surface area is 249 Å². The van der Waals surface area contributed by atoms with Crippen molar-refractivity contribution in [3.8, 4) is 11.5 Å². The summed E-state index contributed by atoms with van der Waals surface area (Å²) in [7, 11) is 0. The van der Waals surface area contributed by atoms with Crippen LogP contribution >= 0.6 is 24.8 Å². The molecule has 1 unspecified atom stereocenters. The van der Waals surface area contributed by atoms with Crippen molar-refractivity contribution in [2.24, 2.45) is 0 Å². The first-order valence-electron chi connectivity index (χ1n) is 13.6. The van der Waals surface area contributed by atoms with Crippen LogP contribution in [0, 0.1) is 32.4 Å². The number of ether oxygens (including phenoxy) is 1. The predicted molar refractivity (Wildman–Crippen MR) is 161 cm³/mol. The van der Waals surface area contributed by atoms with Crippen LogP contribution in [0.15, 0.2) is 48.5 Å². The minimum Gasteiger partial charge on any atom is -0.507 e. The Morgan fingerprint density at radius 1 is 0.825 bits per heavy atom. The molecule has 2 aliphatic rings. The van der Waals surface area contributed by atoms with Gasteiger partial charge in [-0.1, -0.05) is 24.3 Å². The first-order valence-corrected chi connectivity index (χ1v) is 13.6. The molecule has 218 valence electrons. The van der Waals surface area contributed by atoms with Crippen LogP contribution in [0.1, 0.15) is 59.2 Å². The van der Waals surface area contributed by atoms with E-state index in [0.717, 1.165) is 91.1 Å². The van der Waals surface area contributed by atoms with Crippen molar-refractivity contribution < 1.29 is 18.6 Å². The van der Waals surface area contributed by atoms with Gasteiger partial charge in [0, 0.05) is 38.3 Å². The van der Waals surface area contributed by atoms with E-state index >= 15 is 0 Å². The summed E-state index contributed by atoms with van der Waals surface area (Å²) in [5.74, 6) is 0.841. The molecule has 4 nitrogen and oxygen atoms in total. The number of rotatable bonds is 6. The van der Waals surface area contributed by atoms with Crippen LogP contribution in [0.25, 0.3) is 0 Å². The molecule has 0 aliphatic carbocycles. The zero-order valence-electron chi connectivity index (χ0n) is 23.7. The number of phenolic OH excluding ortho intramolecular Hbond substituents is 1. The highest BCUT2D eigenvalue weighted by Gasteiger charge is 2.35. The quantitative estimate of drug-likeness (QED) is 0.325. The fourth-order valence-corrected chi connectivity index (χ4v) is 6.01. The number of nitrogens with zero attached hydrogens (tertiary/aromatic N) is 2. The Bertz CT molecular complexity index is 1250. The van der Waals surface area contributed by atoms with Crippen LogP contribution < -0.4 is 4.74 Å². The van der Waals surface area contributed by atoms with E-state index in [1.165, 1.54) is 24.3 Å². The van der Waals surface area contributed by atoms with Gasteiger partial charge in [0.2, 0.25) is 0 Å². The second-order valence-electron chi connectivity index (χ2n) is 11.2. The van der Waals surface area contributed by atoms with Gasteiger partial charge in [-0.25, -0.2) is 8.78 Å². The molecule has 1 saturated heterocycles. The summed E-state index contributed by atoms with van der Waals surface area (Å²) in [4.78, 5) is 4.90. The van der Waals surface area contributed by atoms with Crippen molar-refractivity contribution in [2.45, 2.75) is 58.6 Å². The van der Waals surface area contributed by atoms with Crippen molar-refractivity contribution in [3.63, 3.8) is 0 Å². The maximum absolute atomic E-state index is 13.6. The monoisotopic (exact) mass is 592 g/mol. The topological polar surface area (TPSA) is 35.9 Å². The van der Waals surface area contributed by atoms with Gasteiger partial charge >= 0.3 is 0 Å². The number of hydrogen-bond acceptors (Lipinski definition) is 4. The molecule has 0 radical (unpaired) electrons. The molecule has 1 N–H and O–H groups in total. The summed E-state index contributed by atoms with van der Waals surface area (Å²) >= 11 is 0. The van der Waals surface area contributed by atoms with Crippen molar-refractivity contribution in [3.05, 3.63) is 93.5 Å². The molecule has 1 atom stereocenters. The summed E-state index contributed by atoms with van der Waals surface area (Å²) < 4.78 is 33.9. The molecule has 0 aromatic heterocycles. The van der Waals surface area contributed by atoms with Gasteiger partial charge in [0.25, 0.3) is 0 Å². The van der Waals surface area contributed by atoms with E-state index in [2.05, 4.69) is 16.7 Å². The number of benzene rings is 3. The standard InChI is InChI=1S/C32H38F2N2O2.2ClH/c1-21-22(2)31-28(23(3)30(21)37)13-14-32(4,38-31)15-16-35-17-19-36(20-18-35)29(24-5-9-26(33)10-6-24)25-7-11-27(34)12-8-25;;/h5-12,29,37H,13-20H2,1-4H3;2*1H. The normalized spacial score (nSPS) is 19.4. The van der Waals surface area contributed by atoms with Crippen molar-refractivity contribution in [2.75, 3.05) is 32.7 Å². The maximum Gasteiger partial charge on any atom is 0.127 e. The van der Waals surface area contributed by atoms with Gasteiger partial charge in [-0.2, -0.15) is 0 Å². The molecule has 0 spiro atoms. The van der Waals surface area contributed by atoms with Crippen LogP contribution in [-0.4, -0.2) is 53.2 Å². The summed E-state index contributed by atoms with van der Waals surface area (Å²) in [5, 5.41) is 10.5. The Hall–Kier alpha value is -2.38. The van der Waals surface area contributed by atoms with Crippen LogP contribution in [-0.2, 0) is 6.42 Å². The van der Waals surface area contributed by atoms with Crippen LogP contribution in [0.5, 0.6) is 11.5 Å². The van der Waals surface area contributed by atoms with Crippen molar-refractivity contribution >= 4 is 24.8 Å². The molecular weight excluding hydrogens is 553 g/mol. The molecule has 0 bridgehead atoms. The van der Waals surface area contributed by atoms with E-state index in [1.54, 1.807) is 0 Å². The first kappa shape index (κ1) is 32.1. The van der Waals surface area contributed by atoms with E-state index < -0.39 is 0 Å². The second kappa shape index (κ2) is 13.1. The van der Waals surface area contributed by atoms with E-state index in [4.69, 9.17) is 4.74 Å². The number of aromatic hydroxyl groups is 1. The van der Waals surface area contributed by atoms with Crippen LogP contribution in [0.4, 0.5) is 8.78 Å². The maximum atomic E-state index is 13.6.